The number of anilines is 1. The van der Waals surface area contributed by atoms with E-state index in [1.54, 1.807) is 0 Å². The molecule has 0 aliphatic heterocycles. The van der Waals surface area contributed by atoms with Crippen LogP contribution in [0.2, 0.25) is 0 Å². The standard InChI is InChI=1S/C15H18N2OS/c1-2-9-17(15(18)14-4-3-10-19-14)11-12-5-7-13(16)8-6-12/h3-8,10H,2,9,11,16H2,1H3. The molecule has 0 saturated carbocycles. The highest BCUT2D eigenvalue weighted by Crippen LogP contribution is 2.15. The van der Waals surface area contributed by atoms with E-state index in [0.717, 1.165) is 29.1 Å². The van der Waals surface area contributed by atoms with Crippen LogP contribution in [0.25, 0.3) is 0 Å². The van der Waals surface area contributed by atoms with Crippen molar-refractivity contribution in [2.75, 3.05) is 12.3 Å². The van der Waals surface area contributed by atoms with Crippen LogP contribution in [0.4, 0.5) is 5.69 Å². The Hall–Kier alpha value is -1.81. The van der Waals surface area contributed by atoms with Gasteiger partial charge in [-0.1, -0.05) is 25.1 Å². The maximum absolute atomic E-state index is 12.4. The minimum absolute atomic E-state index is 0.105. The van der Waals surface area contributed by atoms with Gasteiger partial charge in [-0.15, -0.1) is 11.3 Å². The number of carbonyl (C=O) groups excluding carboxylic acids is 1. The minimum atomic E-state index is 0.105. The average Bonchev–Trinajstić information content (AvgIpc) is 2.94. The van der Waals surface area contributed by atoms with Crippen LogP contribution in [0.15, 0.2) is 41.8 Å². The summed E-state index contributed by atoms with van der Waals surface area (Å²) in [5.74, 6) is 0.105. The Morgan fingerprint density at radius 3 is 2.58 bits per heavy atom. The van der Waals surface area contributed by atoms with Crippen molar-refractivity contribution in [1.29, 1.82) is 0 Å². The third-order valence-corrected chi connectivity index (χ3v) is 3.72. The Balaban J connectivity index is 2.11. The van der Waals surface area contributed by atoms with Gasteiger partial charge in [-0.05, 0) is 35.6 Å². The van der Waals surface area contributed by atoms with Gasteiger partial charge in [0.1, 0.15) is 0 Å². The van der Waals surface area contributed by atoms with Gasteiger partial charge in [-0.3, -0.25) is 4.79 Å². The number of thiophene rings is 1. The molecule has 100 valence electrons. The molecule has 0 saturated heterocycles. The Morgan fingerprint density at radius 1 is 1.26 bits per heavy atom. The van der Waals surface area contributed by atoms with E-state index < -0.39 is 0 Å². The molecule has 0 unspecified atom stereocenters. The van der Waals surface area contributed by atoms with Crippen molar-refractivity contribution in [2.45, 2.75) is 19.9 Å². The lowest BCUT2D eigenvalue weighted by atomic mass is 10.2. The van der Waals surface area contributed by atoms with Crippen molar-refractivity contribution >= 4 is 22.9 Å². The molecule has 2 N–H and O–H groups in total. The highest BCUT2D eigenvalue weighted by molar-refractivity contribution is 7.12. The van der Waals surface area contributed by atoms with Gasteiger partial charge in [0.05, 0.1) is 4.88 Å². The lowest BCUT2D eigenvalue weighted by molar-refractivity contribution is 0.0748. The Morgan fingerprint density at radius 2 is 2.00 bits per heavy atom. The summed E-state index contributed by atoms with van der Waals surface area (Å²) >= 11 is 1.49. The number of hydrogen-bond donors (Lipinski definition) is 1. The molecule has 0 bridgehead atoms. The fraction of sp³-hybridized carbons (Fsp3) is 0.267. The molecule has 0 radical (unpaired) electrons. The van der Waals surface area contributed by atoms with E-state index >= 15 is 0 Å². The van der Waals surface area contributed by atoms with Crippen LogP contribution in [0.5, 0.6) is 0 Å². The zero-order valence-corrected chi connectivity index (χ0v) is 11.8. The fourth-order valence-electron chi connectivity index (χ4n) is 1.92. The maximum Gasteiger partial charge on any atom is 0.264 e. The molecule has 0 aliphatic rings. The van der Waals surface area contributed by atoms with Crippen LogP contribution < -0.4 is 5.73 Å². The summed E-state index contributed by atoms with van der Waals surface area (Å²) in [6, 6.07) is 11.5. The van der Waals surface area contributed by atoms with E-state index in [9.17, 15) is 4.79 Å². The molecule has 0 spiro atoms. The molecular formula is C15H18N2OS. The van der Waals surface area contributed by atoms with Crippen molar-refractivity contribution in [1.82, 2.24) is 4.90 Å². The number of nitrogens with two attached hydrogens (primary N) is 1. The van der Waals surface area contributed by atoms with Crippen molar-refractivity contribution in [3.8, 4) is 0 Å². The van der Waals surface area contributed by atoms with Crippen LogP contribution in [0.1, 0.15) is 28.6 Å². The fourth-order valence-corrected chi connectivity index (χ4v) is 2.61. The van der Waals surface area contributed by atoms with Gasteiger partial charge >= 0.3 is 0 Å². The largest absolute Gasteiger partial charge is 0.399 e. The van der Waals surface area contributed by atoms with Gasteiger partial charge in [-0.25, -0.2) is 0 Å². The molecule has 0 fully saturated rings. The Bertz CT molecular complexity index is 520. The summed E-state index contributed by atoms with van der Waals surface area (Å²) in [4.78, 5) is 15.1. The van der Waals surface area contributed by atoms with E-state index in [1.807, 2.05) is 46.7 Å². The quantitative estimate of drug-likeness (QED) is 0.850. The number of nitrogen functional groups attached to an aromatic ring is 1. The molecule has 2 aromatic rings. The maximum atomic E-state index is 12.4. The lowest BCUT2D eigenvalue weighted by Gasteiger charge is -2.21. The predicted octanol–water partition coefficient (Wildman–Crippen LogP) is 3.38. The normalized spacial score (nSPS) is 10.4. The van der Waals surface area contributed by atoms with E-state index in [2.05, 4.69) is 6.92 Å². The number of carbonyl (C=O) groups is 1. The second-order valence-corrected chi connectivity index (χ2v) is 5.39. The van der Waals surface area contributed by atoms with Crippen molar-refractivity contribution in [2.24, 2.45) is 0 Å². The van der Waals surface area contributed by atoms with Gasteiger partial charge < -0.3 is 10.6 Å². The highest BCUT2D eigenvalue weighted by Gasteiger charge is 2.16. The summed E-state index contributed by atoms with van der Waals surface area (Å²) in [5, 5.41) is 1.93. The smallest absolute Gasteiger partial charge is 0.264 e. The molecular weight excluding hydrogens is 256 g/mol. The van der Waals surface area contributed by atoms with Crippen LogP contribution in [0.3, 0.4) is 0 Å². The first kappa shape index (κ1) is 13.6. The van der Waals surface area contributed by atoms with Crippen molar-refractivity contribution in [3.63, 3.8) is 0 Å². The topological polar surface area (TPSA) is 46.3 Å². The Kier molecular flexibility index (Phi) is 4.58. The first-order valence-corrected chi connectivity index (χ1v) is 7.26. The van der Waals surface area contributed by atoms with Gasteiger partial charge in [0, 0.05) is 18.8 Å². The Labute approximate surface area is 117 Å². The highest BCUT2D eigenvalue weighted by atomic mass is 32.1. The average molecular weight is 274 g/mol. The molecule has 1 aromatic heterocycles. The second-order valence-electron chi connectivity index (χ2n) is 4.45. The van der Waals surface area contributed by atoms with E-state index in [4.69, 9.17) is 5.73 Å². The number of rotatable bonds is 5. The van der Waals surface area contributed by atoms with Crippen molar-refractivity contribution < 1.29 is 4.79 Å². The molecule has 1 amide bonds. The summed E-state index contributed by atoms with van der Waals surface area (Å²) in [5.41, 5.74) is 7.52. The van der Waals surface area contributed by atoms with Crippen LogP contribution in [-0.2, 0) is 6.54 Å². The molecule has 0 atom stereocenters. The lowest BCUT2D eigenvalue weighted by Crippen LogP contribution is -2.30. The van der Waals surface area contributed by atoms with Crippen molar-refractivity contribution in [3.05, 3.63) is 52.2 Å². The van der Waals surface area contributed by atoms with Crippen LogP contribution in [-0.4, -0.2) is 17.4 Å². The van der Waals surface area contributed by atoms with Gasteiger partial charge in [-0.2, -0.15) is 0 Å². The first-order valence-electron chi connectivity index (χ1n) is 6.38. The number of amides is 1. The number of benzene rings is 1. The monoisotopic (exact) mass is 274 g/mol. The SMILES string of the molecule is CCCN(Cc1ccc(N)cc1)C(=O)c1cccs1. The molecule has 1 aromatic carbocycles. The van der Waals surface area contributed by atoms with Crippen LogP contribution in [0, 0.1) is 0 Å². The molecule has 19 heavy (non-hydrogen) atoms. The number of hydrogen-bond acceptors (Lipinski definition) is 3. The molecule has 0 aliphatic carbocycles. The molecule has 4 heteroatoms. The minimum Gasteiger partial charge on any atom is -0.399 e. The summed E-state index contributed by atoms with van der Waals surface area (Å²) < 4.78 is 0. The van der Waals surface area contributed by atoms with Gasteiger partial charge in [0.2, 0.25) is 0 Å². The second kappa shape index (κ2) is 6.38. The van der Waals surface area contributed by atoms with E-state index in [-0.39, 0.29) is 5.91 Å². The van der Waals surface area contributed by atoms with E-state index in [0.29, 0.717) is 6.54 Å². The van der Waals surface area contributed by atoms with Gasteiger partial charge in [0.15, 0.2) is 0 Å². The molecule has 2 rings (SSSR count). The third kappa shape index (κ3) is 3.58. The first-order chi connectivity index (χ1) is 9.20. The molecule has 1 heterocycles. The zero-order valence-electron chi connectivity index (χ0n) is 11.0. The third-order valence-electron chi connectivity index (χ3n) is 2.87. The van der Waals surface area contributed by atoms with E-state index in [1.165, 1.54) is 11.3 Å². The molecule has 3 nitrogen and oxygen atoms in total. The summed E-state index contributed by atoms with van der Waals surface area (Å²) in [6.07, 6.45) is 0.950. The number of nitrogens with zero attached hydrogens (tertiary/aromatic N) is 1. The van der Waals surface area contributed by atoms with Crippen LogP contribution >= 0.6 is 11.3 Å². The summed E-state index contributed by atoms with van der Waals surface area (Å²) in [7, 11) is 0. The van der Waals surface area contributed by atoms with Gasteiger partial charge in [0.25, 0.3) is 5.91 Å². The summed E-state index contributed by atoms with van der Waals surface area (Å²) in [6.45, 7) is 3.48. The zero-order chi connectivity index (χ0) is 13.7. The predicted molar refractivity (Wildman–Crippen MR) is 80.2 cm³/mol.